The zero-order valence-electron chi connectivity index (χ0n) is 7.61. The second-order valence-corrected chi connectivity index (χ2v) is 3.08. The Kier molecular flexibility index (Phi) is 1.65. The minimum absolute atomic E-state index is 0.0821. The van der Waals surface area contributed by atoms with Gasteiger partial charge in [-0.15, -0.1) is 0 Å². The molecular weight excluding hydrogens is 164 g/mol. The molecule has 2 aromatic heterocycles. The van der Waals surface area contributed by atoms with Gasteiger partial charge in [0.15, 0.2) is 5.78 Å². The van der Waals surface area contributed by atoms with Crippen LogP contribution in [0.15, 0.2) is 24.5 Å². The topological polar surface area (TPSA) is 34.9 Å². The first-order valence-corrected chi connectivity index (χ1v) is 4.10. The molecule has 3 heteroatoms. The van der Waals surface area contributed by atoms with Crippen LogP contribution in [0, 0.1) is 0 Å². The van der Waals surface area contributed by atoms with E-state index in [1.807, 2.05) is 23.7 Å². The minimum atomic E-state index is 0.0821. The Morgan fingerprint density at radius 3 is 2.92 bits per heavy atom. The van der Waals surface area contributed by atoms with Gasteiger partial charge in [0, 0.05) is 25.6 Å². The lowest BCUT2D eigenvalue weighted by Crippen LogP contribution is -2.00. The molecule has 0 bridgehead atoms. The van der Waals surface area contributed by atoms with E-state index in [1.54, 1.807) is 19.3 Å². The van der Waals surface area contributed by atoms with Crippen LogP contribution in [0.5, 0.6) is 0 Å². The van der Waals surface area contributed by atoms with E-state index in [0.29, 0.717) is 0 Å². The highest BCUT2D eigenvalue weighted by Gasteiger charge is 2.08. The fourth-order valence-electron chi connectivity index (χ4n) is 1.51. The number of aromatic nitrogens is 2. The fraction of sp³-hybridized carbons (Fsp3) is 0.200. The summed E-state index contributed by atoms with van der Waals surface area (Å²) >= 11 is 0. The molecule has 2 aromatic rings. The highest BCUT2D eigenvalue weighted by molar-refractivity contribution is 5.98. The van der Waals surface area contributed by atoms with Gasteiger partial charge in [-0.25, -0.2) is 0 Å². The number of hydrogen-bond donors (Lipinski definition) is 0. The normalized spacial score (nSPS) is 10.6. The predicted molar refractivity (Wildman–Crippen MR) is 50.7 cm³/mol. The van der Waals surface area contributed by atoms with Crippen LogP contribution in [0.3, 0.4) is 0 Å². The smallest absolute Gasteiger partial charge is 0.176 e. The lowest BCUT2D eigenvalue weighted by molar-refractivity contribution is 0.101. The molecule has 0 spiro atoms. The maximum atomic E-state index is 11.2. The summed E-state index contributed by atoms with van der Waals surface area (Å²) < 4.78 is 1.87. The Labute approximate surface area is 76.0 Å². The predicted octanol–water partition coefficient (Wildman–Crippen LogP) is 1.78. The van der Waals surface area contributed by atoms with Crippen molar-refractivity contribution in [1.29, 1.82) is 0 Å². The van der Waals surface area contributed by atoms with Gasteiger partial charge in [-0.05, 0) is 12.1 Å². The molecule has 0 unspecified atom stereocenters. The first kappa shape index (κ1) is 7.98. The molecule has 0 aliphatic carbocycles. The standard InChI is InChI=1S/C10H10N2O/c1-7(13)9-5-8-3-4-11-6-10(8)12(9)2/h3-6H,1-2H3. The Bertz CT molecular complexity index is 471. The number of pyridine rings is 1. The van der Waals surface area contributed by atoms with Gasteiger partial charge in [0.1, 0.15) is 0 Å². The summed E-state index contributed by atoms with van der Waals surface area (Å²) in [5.41, 5.74) is 1.72. The molecule has 0 aliphatic rings. The van der Waals surface area contributed by atoms with Crippen molar-refractivity contribution >= 4 is 16.7 Å². The van der Waals surface area contributed by atoms with Gasteiger partial charge in [-0.2, -0.15) is 0 Å². The zero-order chi connectivity index (χ0) is 9.42. The number of nitrogens with zero attached hydrogens (tertiary/aromatic N) is 2. The molecule has 0 N–H and O–H groups in total. The molecule has 0 fully saturated rings. The highest BCUT2D eigenvalue weighted by atomic mass is 16.1. The number of carbonyl (C=O) groups excluding carboxylic acids is 1. The monoisotopic (exact) mass is 174 g/mol. The SMILES string of the molecule is CC(=O)c1cc2ccncc2n1C. The maximum Gasteiger partial charge on any atom is 0.176 e. The first-order valence-electron chi connectivity index (χ1n) is 4.10. The van der Waals surface area contributed by atoms with Gasteiger partial charge in [0.25, 0.3) is 0 Å². The summed E-state index contributed by atoms with van der Waals surface area (Å²) in [5, 5.41) is 1.06. The minimum Gasteiger partial charge on any atom is -0.340 e. The van der Waals surface area contributed by atoms with Crippen LogP contribution >= 0.6 is 0 Å². The Balaban J connectivity index is 2.81. The third kappa shape index (κ3) is 1.13. The van der Waals surface area contributed by atoms with Crippen molar-refractivity contribution in [3.8, 4) is 0 Å². The van der Waals surface area contributed by atoms with E-state index in [2.05, 4.69) is 4.98 Å². The number of aryl methyl sites for hydroxylation is 1. The number of Topliss-reactive ketones (excluding diaryl/α,β-unsaturated/α-hetero) is 1. The second-order valence-electron chi connectivity index (χ2n) is 3.08. The molecule has 0 aliphatic heterocycles. The molecule has 3 nitrogen and oxygen atoms in total. The maximum absolute atomic E-state index is 11.2. The number of rotatable bonds is 1. The van der Waals surface area contributed by atoms with Crippen LogP contribution in [0.4, 0.5) is 0 Å². The first-order chi connectivity index (χ1) is 6.20. The molecular formula is C10H10N2O. The van der Waals surface area contributed by atoms with Gasteiger partial charge in [0.2, 0.25) is 0 Å². The van der Waals surface area contributed by atoms with Crippen molar-refractivity contribution in [2.75, 3.05) is 0 Å². The molecule has 2 rings (SSSR count). The third-order valence-corrected chi connectivity index (χ3v) is 2.21. The van der Waals surface area contributed by atoms with Crippen molar-refractivity contribution in [2.24, 2.45) is 7.05 Å². The zero-order valence-corrected chi connectivity index (χ0v) is 7.61. The van der Waals surface area contributed by atoms with Crippen LogP contribution in [-0.2, 0) is 7.05 Å². The highest BCUT2D eigenvalue weighted by Crippen LogP contribution is 2.17. The Hall–Kier alpha value is -1.64. The third-order valence-electron chi connectivity index (χ3n) is 2.21. The quantitative estimate of drug-likeness (QED) is 0.617. The summed E-state index contributed by atoms with van der Waals surface area (Å²) in [6.07, 6.45) is 3.49. The summed E-state index contributed by atoms with van der Waals surface area (Å²) in [4.78, 5) is 15.2. The van der Waals surface area contributed by atoms with Crippen LogP contribution in [0.25, 0.3) is 10.9 Å². The number of fused-ring (bicyclic) bond motifs is 1. The molecule has 0 radical (unpaired) electrons. The van der Waals surface area contributed by atoms with Crippen molar-refractivity contribution in [3.63, 3.8) is 0 Å². The second kappa shape index (κ2) is 2.69. The average Bonchev–Trinajstić information content (AvgIpc) is 2.45. The van der Waals surface area contributed by atoms with E-state index < -0.39 is 0 Å². The lowest BCUT2D eigenvalue weighted by Gasteiger charge is -1.98. The molecule has 0 saturated heterocycles. The van der Waals surface area contributed by atoms with Gasteiger partial charge in [-0.3, -0.25) is 9.78 Å². The fourth-order valence-corrected chi connectivity index (χ4v) is 1.51. The van der Waals surface area contributed by atoms with E-state index in [4.69, 9.17) is 0 Å². The molecule has 66 valence electrons. The summed E-state index contributed by atoms with van der Waals surface area (Å²) in [6.45, 7) is 1.57. The van der Waals surface area contributed by atoms with Crippen molar-refractivity contribution in [2.45, 2.75) is 6.92 Å². The van der Waals surface area contributed by atoms with Crippen LogP contribution in [0.1, 0.15) is 17.4 Å². The van der Waals surface area contributed by atoms with Crippen molar-refractivity contribution in [1.82, 2.24) is 9.55 Å². The van der Waals surface area contributed by atoms with E-state index in [0.717, 1.165) is 16.6 Å². The summed E-state index contributed by atoms with van der Waals surface area (Å²) in [7, 11) is 1.88. The van der Waals surface area contributed by atoms with Gasteiger partial charge in [0.05, 0.1) is 17.4 Å². The Morgan fingerprint density at radius 1 is 1.54 bits per heavy atom. The van der Waals surface area contributed by atoms with Crippen molar-refractivity contribution < 1.29 is 4.79 Å². The van der Waals surface area contributed by atoms with E-state index >= 15 is 0 Å². The number of hydrogen-bond acceptors (Lipinski definition) is 2. The molecule has 13 heavy (non-hydrogen) atoms. The number of ketones is 1. The van der Waals surface area contributed by atoms with Crippen LogP contribution in [0.2, 0.25) is 0 Å². The molecule has 0 amide bonds. The van der Waals surface area contributed by atoms with E-state index in [-0.39, 0.29) is 5.78 Å². The largest absolute Gasteiger partial charge is 0.340 e. The summed E-state index contributed by atoms with van der Waals surface area (Å²) in [6, 6.07) is 3.79. The van der Waals surface area contributed by atoms with E-state index in [9.17, 15) is 4.79 Å². The van der Waals surface area contributed by atoms with E-state index in [1.165, 1.54) is 0 Å². The molecule has 0 aromatic carbocycles. The van der Waals surface area contributed by atoms with Crippen LogP contribution < -0.4 is 0 Å². The molecule has 2 heterocycles. The Morgan fingerprint density at radius 2 is 2.31 bits per heavy atom. The molecule has 0 atom stereocenters. The van der Waals surface area contributed by atoms with Gasteiger partial charge < -0.3 is 4.57 Å². The van der Waals surface area contributed by atoms with Crippen molar-refractivity contribution in [3.05, 3.63) is 30.2 Å². The van der Waals surface area contributed by atoms with Crippen LogP contribution in [-0.4, -0.2) is 15.3 Å². The number of carbonyl (C=O) groups is 1. The summed E-state index contributed by atoms with van der Waals surface area (Å²) in [5.74, 6) is 0.0821. The molecule has 0 saturated carbocycles. The lowest BCUT2D eigenvalue weighted by atomic mass is 10.3. The van der Waals surface area contributed by atoms with Gasteiger partial charge >= 0.3 is 0 Å². The average molecular weight is 174 g/mol. The van der Waals surface area contributed by atoms with Gasteiger partial charge in [-0.1, -0.05) is 0 Å².